The molecular formula is C10H16N4O. The molecule has 15 heavy (non-hydrogen) atoms. The van der Waals surface area contributed by atoms with Gasteiger partial charge in [0, 0.05) is 19.2 Å². The number of pyridine rings is 1. The highest BCUT2D eigenvalue weighted by molar-refractivity contribution is 5.79. The third-order valence-corrected chi connectivity index (χ3v) is 1.95. The van der Waals surface area contributed by atoms with Crippen LogP contribution in [0.1, 0.15) is 18.5 Å². The summed E-state index contributed by atoms with van der Waals surface area (Å²) in [7, 11) is 0. The van der Waals surface area contributed by atoms with Crippen LogP contribution in [0.5, 0.6) is 0 Å². The average molecular weight is 208 g/mol. The van der Waals surface area contributed by atoms with Crippen molar-refractivity contribution in [2.45, 2.75) is 19.4 Å². The molecule has 0 atom stereocenters. The number of nitrogens with zero attached hydrogens (tertiary/aromatic N) is 2. The second-order valence-corrected chi connectivity index (χ2v) is 3.19. The van der Waals surface area contributed by atoms with Crippen molar-refractivity contribution in [2.75, 3.05) is 6.54 Å². The van der Waals surface area contributed by atoms with Crippen LogP contribution in [0.25, 0.3) is 0 Å². The first-order chi connectivity index (χ1) is 7.33. The molecule has 0 spiro atoms. The van der Waals surface area contributed by atoms with Crippen molar-refractivity contribution in [3.63, 3.8) is 0 Å². The van der Waals surface area contributed by atoms with Crippen molar-refractivity contribution in [3.05, 3.63) is 30.1 Å². The largest absolute Gasteiger partial charge is 0.409 e. The summed E-state index contributed by atoms with van der Waals surface area (Å²) in [6.07, 6.45) is 3.22. The number of rotatable bonds is 6. The molecule has 0 fully saturated rings. The molecule has 82 valence electrons. The van der Waals surface area contributed by atoms with Crippen molar-refractivity contribution in [1.82, 2.24) is 10.3 Å². The number of nitrogens with one attached hydrogen (secondary N) is 1. The summed E-state index contributed by atoms with van der Waals surface area (Å²) in [5.41, 5.74) is 6.34. The van der Waals surface area contributed by atoms with Gasteiger partial charge in [-0.15, -0.1) is 0 Å². The van der Waals surface area contributed by atoms with E-state index >= 15 is 0 Å². The number of aromatic nitrogens is 1. The van der Waals surface area contributed by atoms with E-state index in [0.717, 1.165) is 25.2 Å². The van der Waals surface area contributed by atoms with E-state index in [-0.39, 0.29) is 5.84 Å². The molecule has 0 aliphatic heterocycles. The first-order valence-corrected chi connectivity index (χ1v) is 4.90. The van der Waals surface area contributed by atoms with Crippen LogP contribution in [0.4, 0.5) is 0 Å². The van der Waals surface area contributed by atoms with E-state index in [1.807, 2.05) is 18.2 Å². The zero-order chi connectivity index (χ0) is 10.9. The van der Waals surface area contributed by atoms with Gasteiger partial charge in [0.2, 0.25) is 0 Å². The number of nitrogens with two attached hydrogens (primary N) is 1. The van der Waals surface area contributed by atoms with Crippen molar-refractivity contribution < 1.29 is 5.21 Å². The fourth-order valence-corrected chi connectivity index (χ4v) is 1.16. The molecule has 0 aliphatic rings. The summed E-state index contributed by atoms with van der Waals surface area (Å²) in [6.45, 7) is 1.57. The van der Waals surface area contributed by atoms with Gasteiger partial charge in [-0.1, -0.05) is 11.2 Å². The predicted molar refractivity (Wildman–Crippen MR) is 58.6 cm³/mol. The molecule has 0 amide bonds. The van der Waals surface area contributed by atoms with Gasteiger partial charge in [-0.3, -0.25) is 4.98 Å². The zero-order valence-corrected chi connectivity index (χ0v) is 8.56. The predicted octanol–water partition coefficient (Wildman–Crippen LogP) is 0.698. The van der Waals surface area contributed by atoms with E-state index in [9.17, 15) is 0 Å². The maximum Gasteiger partial charge on any atom is 0.139 e. The number of amidine groups is 1. The lowest BCUT2D eigenvalue weighted by Crippen LogP contribution is -2.18. The second kappa shape index (κ2) is 6.78. The quantitative estimate of drug-likeness (QED) is 0.211. The van der Waals surface area contributed by atoms with E-state index in [0.29, 0.717) is 6.42 Å². The molecule has 0 saturated heterocycles. The highest BCUT2D eigenvalue weighted by Crippen LogP contribution is 1.93. The molecule has 5 nitrogen and oxygen atoms in total. The van der Waals surface area contributed by atoms with Crippen molar-refractivity contribution >= 4 is 5.84 Å². The Balaban J connectivity index is 2.08. The minimum atomic E-state index is 0.273. The summed E-state index contributed by atoms with van der Waals surface area (Å²) in [4.78, 5) is 4.18. The van der Waals surface area contributed by atoms with Gasteiger partial charge >= 0.3 is 0 Å². The second-order valence-electron chi connectivity index (χ2n) is 3.19. The molecule has 0 bridgehead atoms. The van der Waals surface area contributed by atoms with Gasteiger partial charge in [0.1, 0.15) is 5.84 Å². The first kappa shape index (κ1) is 11.5. The topological polar surface area (TPSA) is 83.5 Å². The molecule has 1 heterocycles. The minimum absolute atomic E-state index is 0.273. The molecule has 0 radical (unpaired) electrons. The van der Waals surface area contributed by atoms with Gasteiger partial charge in [-0.25, -0.2) is 0 Å². The lowest BCUT2D eigenvalue weighted by atomic mass is 10.3. The fourth-order valence-electron chi connectivity index (χ4n) is 1.16. The van der Waals surface area contributed by atoms with E-state index in [4.69, 9.17) is 10.9 Å². The lowest BCUT2D eigenvalue weighted by Gasteiger charge is -2.03. The SMILES string of the molecule is NC(CCCNCc1ccccn1)=NO. The number of oxime groups is 1. The van der Waals surface area contributed by atoms with E-state index in [1.165, 1.54) is 0 Å². The smallest absolute Gasteiger partial charge is 0.139 e. The Hall–Kier alpha value is -1.62. The summed E-state index contributed by atoms with van der Waals surface area (Å²) in [5, 5.41) is 14.4. The molecule has 0 saturated carbocycles. The van der Waals surface area contributed by atoms with Gasteiger partial charge in [0.05, 0.1) is 5.69 Å². The van der Waals surface area contributed by atoms with Crippen LogP contribution in [0.15, 0.2) is 29.6 Å². The van der Waals surface area contributed by atoms with Crippen LogP contribution in [-0.4, -0.2) is 22.6 Å². The Morgan fingerprint density at radius 1 is 1.53 bits per heavy atom. The van der Waals surface area contributed by atoms with Crippen LogP contribution >= 0.6 is 0 Å². The van der Waals surface area contributed by atoms with Crippen molar-refractivity contribution in [1.29, 1.82) is 0 Å². The molecule has 0 unspecified atom stereocenters. The third-order valence-electron chi connectivity index (χ3n) is 1.95. The summed E-state index contributed by atoms with van der Waals surface area (Å²) >= 11 is 0. The molecule has 1 aromatic rings. The molecule has 0 aliphatic carbocycles. The van der Waals surface area contributed by atoms with Crippen LogP contribution in [0.2, 0.25) is 0 Å². The summed E-state index contributed by atoms with van der Waals surface area (Å²) in [5.74, 6) is 0.273. The monoisotopic (exact) mass is 208 g/mol. The summed E-state index contributed by atoms with van der Waals surface area (Å²) < 4.78 is 0. The fraction of sp³-hybridized carbons (Fsp3) is 0.400. The highest BCUT2D eigenvalue weighted by atomic mass is 16.4. The molecule has 1 rings (SSSR count). The molecule has 5 heteroatoms. The van der Waals surface area contributed by atoms with Gasteiger partial charge in [-0.2, -0.15) is 0 Å². The van der Waals surface area contributed by atoms with Crippen molar-refractivity contribution in [2.24, 2.45) is 10.9 Å². The average Bonchev–Trinajstić information content (AvgIpc) is 2.29. The van der Waals surface area contributed by atoms with E-state index in [1.54, 1.807) is 6.20 Å². The molecule has 0 aromatic carbocycles. The Morgan fingerprint density at radius 3 is 3.07 bits per heavy atom. The van der Waals surface area contributed by atoms with Crippen LogP contribution in [0, 0.1) is 0 Å². The molecule has 4 N–H and O–H groups in total. The van der Waals surface area contributed by atoms with Crippen molar-refractivity contribution in [3.8, 4) is 0 Å². The maximum atomic E-state index is 8.30. The Bertz CT molecular complexity index is 300. The van der Waals surface area contributed by atoms with Crippen LogP contribution in [0.3, 0.4) is 0 Å². The Morgan fingerprint density at radius 2 is 2.40 bits per heavy atom. The van der Waals surface area contributed by atoms with Gasteiger partial charge < -0.3 is 16.3 Å². The lowest BCUT2D eigenvalue weighted by molar-refractivity contribution is 0.316. The van der Waals surface area contributed by atoms with Crippen LogP contribution in [-0.2, 0) is 6.54 Å². The van der Waals surface area contributed by atoms with Gasteiger partial charge in [0.25, 0.3) is 0 Å². The van der Waals surface area contributed by atoms with Gasteiger partial charge in [-0.05, 0) is 25.1 Å². The molecular weight excluding hydrogens is 192 g/mol. The Labute approximate surface area is 89.0 Å². The standard InChI is InChI=1S/C10H16N4O/c11-10(14-15)5-3-6-12-8-9-4-1-2-7-13-9/h1-2,4,7,12,15H,3,5-6,8H2,(H2,11,14). The highest BCUT2D eigenvalue weighted by Gasteiger charge is 1.94. The number of hydrogen-bond acceptors (Lipinski definition) is 4. The maximum absolute atomic E-state index is 8.30. The minimum Gasteiger partial charge on any atom is -0.409 e. The Kier molecular flexibility index (Phi) is 5.18. The van der Waals surface area contributed by atoms with Gasteiger partial charge in [0.15, 0.2) is 0 Å². The van der Waals surface area contributed by atoms with E-state index < -0.39 is 0 Å². The van der Waals surface area contributed by atoms with Crippen LogP contribution < -0.4 is 11.1 Å². The van der Waals surface area contributed by atoms with E-state index in [2.05, 4.69) is 15.5 Å². The summed E-state index contributed by atoms with van der Waals surface area (Å²) in [6, 6.07) is 5.82. The first-order valence-electron chi connectivity index (χ1n) is 4.90. The third kappa shape index (κ3) is 4.97. The normalized spacial score (nSPS) is 11.6. The zero-order valence-electron chi connectivity index (χ0n) is 8.56. The molecule has 1 aromatic heterocycles. The number of hydrogen-bond donors (Lipinski definition) is 3.